The van der Waals surface area contributed by atoms with Crippen molar-refractivity contribution < 1.29 is 29.3 Å². The van der Waals surface area contributed by atoms with E-state index in [0.29, 0.717) is 19.6 Å². The van der Waals surface area contributed by atoms with Gasteiger partial charge in [0.05, 0.1) is 39.3 Å². The molecule has 15 heavy (non-hydrogen) atoms. The highest BCUT2D eigenvalue weighted by atomic mass is 16.5. The number of cyclic esters (lactones) is 2. The van der Waals surface area contributed by atoms with Gasteiger partial charge in [-0.25, -0.2) is 0 Å². The molecule has 0 amide bonds. The molecule has 6 heteroatoms. The first kappa shape index (κ1) is 13.9. The van der Waals surface area contributed by atoms with Crippen LogP contribution in [0, 0.1) is 0 Å². The molecule has 0 saturated carbocycles. The van der Waals surface area contributed by atoms with Crippen LogP contribution in [-0.4, -0.2) is 48.6 Å². The van der Waals surface area contributed by atoms with E-state index >= 15 is 0 Å². The Bertz CT molecular complexity index is 171. The number of aliphatic hydroxyl groups excluding tert-OH is 2. The maximum absolute atomic E-state index is 10.7. The second-order valence-corrected chi connectivity index (χ2v) is 2.74. The quantitative estimate of drug-likeness (QED) is 0.563. The van der Waals surface area contributed by atoms with E-state index < -0.39 is 0 Å². The van der Waals surface area contributed by atoms with Gasteiger partial charge in [0.1, 0.15) is 0 Å². The maximum atomic E-state index is 10.7. The van der Waals surface area contributed by atoms with Gasteiger partial charge in [-0.05, 0) is 0 Å². The minimum Gasteiger partial charge on any atom is -0.466 e. The third-order valence-electron chi connectivity index (χ3n) is 1.45. The Hall–Kier alpha value is -1.14. The van der Waals surface area contributed by atoms with Crippen LogP contribution < -0.4 is 0 Å². The lowest BCUT2D eigenvalue weighted by Gasteiger charge is -1.99. The molecule has 1 aliphatic rings. The summed E-state index contributed by atoms with van der Waals surface area (Å²) in [5.41, 5.74) is 0. The fourth-order valence-corrected chi connectivity index (χ4v) is 0.779. The minimum absolute atomic E-state index is 0.125. The first-order chi connectivity index (χ1) is 7.20. The van der Waals surface area contributed by atoms with Crippen LogP contribution in [0.3, 0.4) is 0 Å². The van der Waals surface area contributed by atoms with Crippen molar-refractivity contribution in [3.05, 3.63) is 0 Å². The minimum atomic E-state index is -0.316. The molecule has 1 heterocycles. The van der Waals surface area contributed by atoms with E-state index in [-0.39, 0.29) is 38.0 Å². The smallest absolute Gasteiger partial charge is 0.306 e. The summed E-state index contributed by atoms with van der Waals surface area (Å²) in [5.74, 6) is -0.632. The summed E-state index contributed by atoms with van der Waals surface area (Å²) >= 11 is 0. The molecule has 1 saturated heterocycles. The normalized spacial score (nSPS) is 17.2. The van der Waals surface area contributed by atoms with Crippen molar-refractivity contribution in [2.45, 2.75) is 19.3 Å². The highest BCUT2D eigenvalue weighted by Crippen LogP contribution is 2.00. The van der Waals surface area contributed by atoms with Crippen molar-refractivity contribution in [3.63, 3.8) is 0 Å². The van der Waals surface area contributed by atoms with E-state index in [2.05, 4.69) is 0 Å². The molecule has 0 spiro atoms. The Balaban J connectivity index is 0.000000423. The van der Waals surface area contributed by atoms with Gasteiger partial charge < -0.3 is 19.7 Å². The zero-order valence-corrected chi connectivity index (χ0v) is 8.48. The predicted octanol–water partition coefficient (Wildman–Crippen LogP) is -0.772. The van der Waals surface area contributed by atoms with Crippen molar-refractivity contribution in [1.82, 2.24) is 0 Å². The van der Waals surface area contributed by atoms with Crippen LogP contribution in [0.1, 0.15) is 19.3 Å². The molecular weight excluding hydrogens is 204 g/mol. The Labute approximate surface area is 87.8 Å². The van der Waals surface area contributed by atoms with Crippen molar-refractivity contribution in [1.29, 1.82) is 0 Å². The summed E-state index contributed by atoms with van der Waals surface area (Å²) in [4.78, 5) is 21.4. The highest BCUT2D eigenvalue weighted by molar-refractivity contribution is 5.77. The van der Waals surface area contributed by atoms with Crippen LogP contribution in [0.4, 0.5) is 0 Å². The van der Waals surface area contributed by atoms with Crippen LogP contribution in [0.2, 0.25) is 0 Å². The Morgan fingerprint density at radius 3 is 1.67 bits per heavy atom. The molecule has 6 nitrogen and oxygen atoms in total. The van der Waals surface area contributed by atoms with Crippen LogP contribution in [0.5, 0.6) is 0 Å². The molecule has 0 aliphatic carbocycles. The van der Waals surface area contributed by atoms with Crippen LogP contribution in [-0.2, 0) is 19.1 Å². The van der Waals surface area contributed by atoms with E-state index in [1.807, 2.05) is 0 Å². The number of ether oxygens (including phenoxy) is 2. The van der Waals surface area contributed by atoms with E-state index in [0.717, 1.165) is 0 Å². The molecule has 0 aromatic carbocycles. The predicted molar refractivity (Wildman–Crippen MR) is 49.9 cm³/mol. The number of aliphatic hydroxyl groups is 2. The second-order valence-electron chi connectivity index (χ2n) is 2.74. The molecule has 0 bridgehead atoms. The third-order valence-corrected chi connectivity index (χ3v) is 1.45. The summed E-state index contributed by atoms with van der Waals surface area (Å²) in [6.07, 6.45) is 0.870. The summed E-state index contributed by atoms with van der Waals surface area (Å²) in [7, 11) is 0. The fourth-order valence-electron chi connectivity index (χ4n) is 0.779. The molecule has 88 valence electrons. The van der Waals surface area contributed by atoms with Gasteiger partial charge in [0, 0.05) is 6.42 Å². The average molecular weight is 220 g/mol. The Morgan fingerprint density at radius 1 is 0.933 bits per heavy atom. The van der Waals surface area contributed by atoms with E-state index in [9.17, 15) is 9.59 Å². The van der Waals surface area contributed by atoms with Crippen molar-refractivity contribution in [2.24, 2.45) is 0 Å². The van der Waals surface area contributed by atoms with Gasteiger partial charge >= 0.3 is 11.9 Å². The molecule has 0 unspecified atom stereocenters. The number of hydrogen-bond acceptors (Lipinski definition) is 6. The molecule has 1 rings (SSSR count). The lowest BCUT2D eigenvalue weighted by atomic mass is 10.3. The first-order valence-electron chi connectivity index (χ1n) is 4.73. The standard InChI is InChI=1S/C7H10O4.C2H6O2/c8-6-2-3-7(9)11-5-1-4-10-6;3-1-2-4/h1-5H2;3-4H,1-2H2. The molecular formula is C9H16O6. The van der Waals surface area contributed by atoms with Gasteiger partial charge in [0.15, 0.2) is 0 Å². The summed E-state index contributed by atoms with van der Waals surface area (Å²) < 4.78 is 9.48. The van der Waals surface area contributed by atoms with Gasteiger partial charge in [-0.1, -0.05) is 0 Å². The first-order valence-corrected chi connectivity index (χ1v) is 4.73. The third kappa shape index (κ3) is 9.17. The van der Waals surface area contributed by atoms with Crippen LogP contribution in [0.25, 0.3) is 0 Å². The van der Waals surface area contributed by atoms with Crippen molar-refractivity contribution >= 4 is 11.9 Å². The van der Waals surface area contributed by atoms with Crippen LogP contribution >= 0.6 is 0 Å². The highest BCUT2D eigenvalue weighted by Gasteiger charge is 2.11. The van der Waals surface area contributed by atoms with Gasteiger partial charge in [0.25, 0.3) is 0 Å². The number of esters is 2. The lowest BCUT2D eigenvalue weighted by Crippen LogP contribution is -2.06. The molecule has 0 radical (unpaired) electrons. The zero-order valence-electron chi connectivity index (χ0n) is 8.48. The monoisotopic (exact) mass is 220 g/mol. The van der Waals surface area contributed by atoms with Gasteiger partial charge in [-0.15, -0.1) is 0 Å². The van der Waals surface area contributed by atoms with E-state index in [1.54, 1.807) is 0 Å². The molecule has 1 fully saturated rings. The molecule has 0 aromatic rings. The molecule has 2 N–H and O–H groups in total. The zero-order chi connectivity index (χ0) is 11.5. The Kier molecular flexibility index (Phi) is 8.70. The second kappa shape index (κ2) is 9.42. The van der Waals surface area contributed by atoms with Gasteiger partial charge in [-0.2, -0.15) is 0 Å². The van der Waals surface area contributed by atoms with Crippen LogP contribution in [0.15, 0.2) is 0 Å². The van der Waals surface area contributed by atoms with Gasteiger partial charge in [0.2, 0.25) is 0 Å². The number of carbonyl (C=O) groups excluding carboxylic acids is 2. The lowest BCUT2D eigenvalue weighted by molar-refractivity contribution is -0.147. The van der Waals surface area contributed by atoms with E-state index in [1.165, 1.54) is 0 Å². The van der Waals surface area contributed by atoms with Crippen molar-refractivity contribution in [3.8, 4) is 0 Å². The SMILES string of the molecule is O=C1CCC(=O)OCCCO1.OCCO. The average Bonchev–Trinajstić information content (AvgIpc) is 2.33. The number of carbonyl (C=O) groups is 2. The molecule has 0 aromatic heterocycles. The van der Waals surface area contributed by atoms with Gasteiger partial charge in [-0.3, -0.25) is 9.59 Å². The summed E-state index contributed by atoms with van der Waals surface area (Å²) in [6, 6.07) is 0. The topological polar surface area (TPSA) is 93.1 Å². The largest absolute Gasteiger partial charge is 0.466 e. The number of hydrogen-bond donors (Lipinski definition) is 2. The van der Waals surface area contributed by atoms with Crippen molar-refractivity contribution in [2.75, 3.05) is 26.4 Å². The molecule has 0 atom stereocenters. The Morgan fingerprint density at radius 2 is 1.33 bits per heavy atom. The van der Waals surface area contributed by atoms with E-state index in [4.69, 9.17) is 19.7 Å². The fraction of sp³-hybridized carbons (Fsp3) is 0.778. The summed E-state index contributed by atoms with van der Waals surface area (Å²) in [5, 5.41) is 15.2. The molecule has 1 aliphatic heterocycles. The summed E-state index contributed by atoms with van der Waals surface area (Å²) in [6.45, 7) is 0.457. The maximum Gasteiger partial charge on any atom is 0.306 e. The number of rotatable bonds is 1.